The van der Waals surface area contributed by atoms with Crippen molar-refractivity contribution in [2.75, 3.05) is 13.1 Å². The Morgan fingerprint density at radius 1 is 1.16 bits per heavy atom. The second kappa shape index (κ2) is 8.31. The molecule has 0 spiro atoms. The Bertz CT molecular complexity index is 1200. The molecule has 31 heavy (non-hydrogen) atoms. The average molecular weight is 416 g/mol. The highest BCUT2D eigenvalue weighted by atomic mass is 16.4. The Kier molecular flexibility index (Phi) is 5.21. The number of aromatic nitrogens is 5. The summed E-state index contributed by atoms with van der Waals surface area (Å²) in [6.07, 6.45) is 11.1. The van der Waals surface area contributed by atoms with Crippen LogP contribution in [-0.2, 0) is 17.9 Å². The number of nitrogens with zero attached hydrogens (tertiary/aromatic N) is 5. The lowest BCUT2D eigenvalue weighted by atomic mass is 9.92. The number of fused-ring (bicyclic) bond motifs is 1. The highest BCUT2D eigenvalue weighted by Gasteiger charge is 2.26. The number of hydrogen-bond acceptors (Lipinski definition) is 5. The molecule has 5 rings (SSSR count). The summed E-state index contributed by atoms with van der Waals surface area (Å²) in [5, 5.41) is 10.4. The first-order chi connectivity index (χ1) is 15.2. The molecule has 3 aromatic heterocycles. The lowest BCUT2D eigenvalue weighted by Gasteiger charge is -2.32. The number of aromatic amines is 1. The van der Waals surface area contributed by atoms with Crippen LogP contribution < -0.4 is 0 Å². The van der Waals surface area contributed by atoms with Crippen LogP contribution >= 0.6 is 0 Å². The minimum Gasteiger partial charge on any atom is -0.480 e. The molecule has 2 N–H and O–H groups in total. The van der Waals surface area contributed by atoms with E-state index < -0.39 is 5.97 Å². The lowest BCUT2D eigenvalue weighted by molar-refractivity contribution is -0.137. The van der Waals surface area contributed by atoms with Gasteiger partial charge in [0.05, 0.1) is 5.69 Å². The van der Waals surface area contributed by atoms with Crippen molar-refractivity contribution in [2.45, 2.75) is 31.8 Å². The molecule has 8 nitrogen and oxygen atoms in total. The fourth-order valence-electron chi connectivity index (χ4n) is 4.61. The maximum Gasteiger partial charge on any atom is 0.323 e. The van der Waals surface area contributed by atoms with Crippen molar-refractivity contribution in [2.24, 2.45) is 0 Å². The third kappa shape index (κ3) is 3.94. The molecule has 8 heteroatoms. The lowest BCUT2D eigenvalue weighted by Crippen LogP contribution is -2.34. The van der Waals surface area contributed by atoms with E-state index in [0.717, 1.165) is 66.2 Å². The van der Waals surface area contributed by atoms with Crippen molar-refractivity contribution in [1.29, 1.82) is 0 Å². The molecule has 1 fully saturated rings. The van der Waals surface area contributed by atoms with Gasteiger partial charge in [-0.1, -0.05) is 18.2 Å². The Balaban J connectivity index is 1.40. The van der Waals surface area contributed by atoms with Gasteiger partial charge in [0.1, 0.15) is 12.2 Å². The van der Waals surface area contributed by atoms with Crippen LogP contribution in [0.5, 0.6) is 0 Å². The summed E-state index contributed by atoms with van der Waals surface area (Å²) < 4.78 is 1.83. The van der Waals surface area contributed by atoms with E-state index in [-0.39, 0.29) is 12.5 Å². The predicted molar refractivity (Wildman–Crippen MR) is 116 cm³/mol. The molecule has 1 aliphatic heterocycles. The van der Waals surface area contributed by atoms with Gasteiger partial charge in [0, 0.05) is 60.9 Å². The van der Waals surface area contributed by atoms with E-state index in [1.807, 2.05) is 29.0 Å². The molecule has 0 bridgehead atoms. The van der Waals surface area contributed by atoms with Crippen molar-refractivity contribution in [3.63, 3.8) is 0 Å². The Morgan fingerprint density at radius 3 is 2.87 bits per heavy atom. The zero-order valence-corrected chi connectivity index (χ0v) is 17.1. The molecular formula is C23H24N6O2. The van der Waals surface area contributed by atoms with Crippen LogP contribution in [0.15, 0.2) is 55.2 Å². The van der Waals surface area contributed by atoms with Crippen LogP contribution in [0.3, 0.4) is 0 Å². The largest absolute Gasteiger partial charge is 0.480 e. The second-order valence-electron chi connectivity index (χ2n) is 8.00. The van der Waals surface area contributed by atoms with Gasteiger partial charge in [0.25, 0.3) is 0 Å². The van der Waals surface area contributed by atoms with Crippen LogP contribution in [0.25, 0.3) is 22.4 Å². The molecule has 1 saturated heterocycles. The molecule has 0 saturated carbocycles. The molecule has 1 aliphatic rings. The van der Waals surface area contributed by atoms with Crippen LogP contribution in [0.2, 0.25) is 0 Å². The fourth-order valence-corrected chi connectivity index (χ4v) is 4.61. The first-order valence-corrected chi connectivity index (χ1v) is 10.5. The first-order valence-electron chi connectivity index (χ1n) is 10.5. The molecule has 0 amide bonds. The fraction of sp³-hybridized carbons (Fsp3) is 0.304. The third-order valence-corrected chi connectivity index (χ3v) is 5.91. The van der Waals surface area contributed by atoms with E-state index in [0.29, 0.717) is 0 Å². The van der Waals surface area contributed by atoms with Gasteiger partial charge in [0.15, 0.2) is 5.82 Å². The Morgan fingerprint density at radius 2 is 2.03 bits per heavy atom. The molecule has 0 unspecified atom stereocenters. The number of H-pyrrole nitrogens is 1. The molecule has 4 heterocycles. The molecule has 0 radical (unpaired) electrons. The summed E-state index contributed by atoms with van der Waals surface area (Å²) in [7, 11) is 0. The van der Waals surface area contributed by atoms with Crippen molar-refractivity contribution in [1.82, 2.24) is 29.4 Å². The smallest absolute Gasteiger partial charge is 0.323 e. The van der Waals surface area contributed by atoms with Gasteiger partial charge in [0.2, 0.25) is 0 Å². The third-order valence-electron chi connectivity index (χ3n) is 5.91. The van der Waals surface area contributed by atoms with Gasteiger partial charge in [-0.25, -0.2) is 9.97 Å². The topological polar surface area (TPSA) is 99.9 Å². The van der Waals surface area contributed by atoms with Crippen LogP contribution in [0.4, 0.5) is 0 Å². The number of carboxylic acids is 1. The molecule has 1 atom stereocenters. The number of benzene rings is 1. The van der Waals surface area contributed by atoms with E-state index in [1.165, 1.54) is 0 Å². The van der Waals surface area contributed by atoms with Gasteiger partial charge < -0.3 is 14.7 Å². The van der Waals surface area contributed by atoms with Gasteiger partial charge in [-0.2, -0.15) is 0 Å². The predicted octanol–water partition coefficient (Wildman–Crippen LogP) is 3.29. The highest BCUT2D eigenvalue weighted by Crippen LogP contribution is 2.32. The van der Waals surface area contributed by atoms with Gasteiger partial charge >= 0.3 is 5.97 Å². The number of piperidine rings is 1. The van der Waals surface area contributed by atoms with E-state index in [9.17, 15) is 9.90 Å². The number of carbonyl (C=O) groups is 1. The molecule has 1 aromatic carbocycles. The number of rotatable bonds is 6. The standard InChI is InChI=1S/C23H24N6O2/c30-20(31)15-29-14-17(18-5-1-2-6-19(18)29)13-28-11-3-4-16(12-28)21-22(25-8-7-24-21)23-26-9-10-27-23/h1-2,5-10,14,16H,3-4,11-13,15H2,(H,26,27)(H,30,31)/t16-/m0/s1. The number of imidazole rings is 1. The van der Waals surface area contributed by atoms with Gasteiger partial charge in [-0.3, -0.25) is 14.7 Å². The summed E-state index contributed by atoms with van der Waals surface area (Å²) in [5.41, 5.74) is 3.92. The number of aliphatic carboxylic acids is 1. The maximum absolute atomic E-state index is 11.3. The quantitative estimate of drug-likeness (QED) is 0.500. The van der Waals surface area contributed by atoms with Crippen molar-refractivity contribution >= 4 is 16.9 Å². The molecule has 4 aromatic rings. The van der Waals surface area contributed by atoms with Crippen LogP contribution in [0, 0.1) is 0 Å². The highest BCUT2D eigenvalue weighted by molar-refractivity contribution is 5.85. The molecule has 0 aliphatic carbocycles. The van der Waals surface area contributed by atoms with Crippen molar-refractivity contribution in [3.8, 4) is 11.5 Å². The maximum atomic E-state index is 11.3. The second-order valence-corrected chi connectivity index (χ2v) is 8.00. The summed E-state index contributed by atoms with van der Waals surface area (Å²) in [6, 6.07) is 8.01. The van der Waals surface area contributed by atoms with Crippen LogP contribution in [-0.4, -0.2) is 53.6 Å². The average Bonchev–Trinajstić information content (AvgIpc) is 3.43. The normalized spacial score (nSPS) is 17.2. The van der Waals surface area contributed by atoms with Gasteiger partial charge in [-0.05, 0) is 31.0 Å². The van der Waals surface area contributed by atoms with E-state index in [1.54, 1.807) is 24.8 Å². The van der Waals surface area contributed by atoms with Crippen LogP contribution in [0.1, 0.15) is 30.0 Å². The summed E-state index contributed by atoms with van der Waals surface area (Å²) in [5.74, 6) is 0.185. The van der Waals surface area contributed by atoms with Gasteiger partial charge in [-0.15, -0.1) is 0 Å². The summed E-state index contributed by atoms with van der Waals surface area (Å²) in [4.78, 5) is 30.4. The summed E-state index contributed by atoms with van der Waals surface area (Å²) >= 11 is 0. The number of likely N-dealkylation sites (tertiary alicyclic amines) is 1. The number of para-hydroxylation sites is 1. The minimum atomic E-state index is -0.835. The monoisotopic (exact) mass is 416 g/mol. The van der Waals surface area contributed by atoms with E-state index in [2.05, 4.69) is 30.9 Å². The Labute approximate surface area is 179 Å². The molecular weight excluding hydrogens is 392 g/mol. The SMILES string of the molecule is O=C(O)Cn1cc(CN2CCC[C@H](c3nccnc3-c3ncc[nH]3)C2)c2ccccc21. The minimum absolute atomic E-state index is 0.0325. The van der Waals surface area contributed by atoms with Crippen molar-refractivity contribution < 1.29 is 9.90 Å². The number of nitrogens with one attached hydrogen (secondary N) is 1. The zero-order valence-electron chi connectivity index (χ0n) is 17.1. The van der Waals surface area contributed by atoms with E-state index in [4.69, 9.17) is 0 Å². The zero-order chi connectivity index (χ0) is 21.2. The van der Waals surface area contributed by atoms with E-state index >= 15 is 0 Å². The van der Waals surface area contributed by atoms with Crippen molar-refractivity contribution in [3.05, 3.63) is 66.5 Å². The number of hydrogen-bond donors (Lipinski definition) is 2. The first kappa shape index (κ1) is 19.4. The Hall–Kier alpha value is -3.52. The molecule has 158 valence electrons. The summed E-state index contributed by atoms with van der Waals surface area (Å²) in [6.45, 7) is 2.63. The number of carboxylic acid groups (broad SMARTS) is 1.